The van der Waals surface area contributed by atoms with Crippen LogP contribution in [0, 0.1) is 18.3 Å². The predicted molar refractivity (Wildman–Crippen MR) is 136 cm³/mol. The molecule has 3 aromatic rings. The average Bonchev–Trinajstić information content (AvgIpc) is 3.12. The lowest BCUT2D eigenvalue weighted by Gasteiger charge is -2.19. The van der Waals surface area contributed by atoms with E-state index in [9.17, 15) is 14.9 Å². The Bertz CT molecular complexity index is 1250. The van der Waals surface area contributed by atoms with Crippen LogP contribution >= 0.6 is 27.7 Å². The number of aryl methyl sites for hydroxylation is 1. The molecule has 0 unspecified atom stereocenters. The van der Waals surface area contributed by atoms with Gasteiger partial charge in [0.05, 0.1) is 5.25 Å². The number of halogens is 1. The van der Waals surface area contributed by atoms with E-state index in [0.29, 0.717) is 22.8 Å². The number of hydrogen-bond acceptors (Lipinski definition) is 4. The maximum atomic E-state index is 13.5. The third-order valence-electron chi connectivity index (χ3n) is 5.16. The molecule has 1 aliphatic heterocycles. The highest BCUT2D eigenvalue weighted by Gasteiger charge is 2.40. The van der Waals surface area contributed by atoms with E-state index in [2.05, 4.69) is 21.2 Å². The molecule has 5 nitrogen and oxygen atoms in total. The van der Waals surface area contributed by atoms with Crippen molar-refractivity contribution in [1.29, 1.82) is 5.26 Å². The standard InChI is InChI=1S/C26H20BrN3O2S/c1-17-7-13-21(14-8-17)30-25(32)23(15-18-5-3-2-4-6-18)33-26(30)22(16-28)24(31)29-20-11-9-19(27)10-12-20/h2-14,23H,15H2,1H3,(H,29,31)/b26-22+/t23-/m1/s1. The van der Waals surface area contributed by atoms with Crippen molar-refractivity contribution < 1.29 is 9.59 Å². The molecule has 3 aromatic carbocycles. The average molecular weight is 518 g/mol. The largest absolute Gasteiger partial charge is 0.321 e. The zero-order chi connectivity index (χ0) is 23.4. The third kappa shape index (κ3) is 5.19. The summed E-state index contributed by atoms with van der Waals surface area (Å²) in [6.45, 7) is 1.96. The summed E-state index contributed by atoms with van der Waals surface area (Å²) in [6, 6.07) is 26.3. The molecule has 1 heterocycles. The number of nitrogens with one attached hydrogen (secondary N) is 1. The minimum atomic E-state index is -0.549. The molecular formula is C26H20BrN3O2S. The van der Waals surface area contributed by atoms with Gasteiger partial charge in [-0.05, 0) is 55.3 Å². The van der Waals surface area contributed by atoms with Crippen LogP contribution in [0.15, 0.2) is 93.9 Å². The molecule has 1 fully saturated rings. The van der Waals surface area contributed by atoms with Crippen LogP contribution in [-0.4, -0.2) is 17.1 Å². The van der Waals surface area contributed by atoms with Gasteiger partial charge in [-0.1, -0.05) is 75.7 Å². The first kappa shape index (κ1) is 22.8. The van der Waals surface area contributed by atoms with E-state index in [1.165, 1.54) is 16.7 Å². The van der Waals surface area contributed by atoms with Crippen LogP contribution in [0.25, 0.3) is 0 Å². The van der Waals surface area contributed by atoms with E-state index >= 15 is 0 Å². The Kier molecular flexibility index (Phi) is 6.97. The Balaban J connectivity index is 1.72. The lowest BCUT2D eigenvalue weighted by molar-refractivity contribution is -0.117. The second-order valence-corrected chi connectivity index (χ2v) is 9.67. The minimum Gasteiger partial charge on any atom is -0.321 e. The smallest absolute Gasteiger partial charge is 0.269 e. The number of carbonyl (C=O) groups excluding carboxylic acids is 2. The van der Waals surface area contributed by atoms with E-state index in [1.807, 2.05) is 67.6 Å². The van der Waals surface area contributed by atoms with Crippen LogP contribution in [0.4, 0.5) is 11.4 Å². The summed E-state index contributed by atoms with van der Waals surface area (Å²) in [4.78, 5) is 28.0. The van der Waals surface area contributed by atoms with E-state index in [4.69, 9.17) is 0 Å². The highest BCUT2D eigenvalue weighted by Crippen LogP contribution is 2.42. The van der Waals surface area contributed by atoms with Gasteiger partial charge < -0.3 is 5.32 Å². The zero-order valence-electron chi connectivity index (χ0n) is 17.8. The number of rotatable bonds is 5. The number of anilines is 2. The van der Waals surface area contributed by atoms with E-state index in [1.54, 1.807) is 24.3 Å². The quantitative estimate of drug-likeness (QED) is 0.341. The van der Waals surface area contributed by atoms with Crippen molar-refractivity contribution >= 4 is 50.9 Å². The first-order valence-corrected chi connectivity index (χ1v) is 12.0. The molecule has 7 heteroatoms. The van der Waals surface area contributed by atoms with Crippen molar-refractivity contribution in [1.82, 2.24) is 0 Å². The molecule has 2 amide bonds. The van der Waals surface area contributed by atoms with Crippen LogP contribution < -0.4 is 10.2 Å². The highest BCUT2D eigenvalue weighted by molar-refractivity contribution is 9.10. The van der Waals surface area contributed by atoms with Gasteiger partial charge in [0.2, 0.25) is 5.91 Å². The summed E-state index contributed by atoms with van der Waals surface area (Å²) in [6.07, 6.45) is 0.503. The molecule has 4 rings (SSSR count). The lowest BCUT2D eigenvalue weighted by atomic mass is 10.1. The molecule has 33 heavy (non-hydrogen) atoms. The number of carbonyl (C=O) groups is 2. The van der Waals surface area contributed by atoms with Gasteiger partial charge in [-0.25, -0.2) is 0 Å². The molecule has 1 aliphatic rings. The zero-order valence-corrected chi connectivity index (χ0v) is 20.2. The number of thioether (sulfide) groups is 1. The molecular weight excluding hydrogens is 498 g/mol. The molecule has 1 saturated heterocycles. The molecule has 0 spiro atoms. The topological polar surface area (TPSA) is 73.2 Å². The van der Waals surface area contributed by atoms with Gasteiger partial charge in [0.15, 0.2) is 0 Å². The van der Waals surface area contributed by atoms with Gasteiger partial charge in [-0.15, -0.1) is 0 Å². The Morgan fingerprint density at radius 2 is 1.73 bits per heavy atom. The van der Waals surface area contributed by atoms with Gasteiger partial charge in [-0.3, -0.25) is 14.5 Å². The first-order valence-electron chi connectivity index (χ1n) is 10.3. The Hall–Kier alpha value is -3.34. The summed E-state index contributed by atoms with van der Waals surface area (Å²) in [5.41, 5.74) is 3.18. The van der Waals surface area contributed by atoms with Crippen molar-refractivity contribution in [2.24, 2.45) is 0 Å². The van der Waals surface area contributed by atoms with Gasteiger partial charge in [0, 0.05) is 15.8 Å². The fraction of sp³-hybridized carbons (Fsp3) is 0.115. The maximum absolute atomic E-state index is 13.5. The number of nitrogens with zero attached hydrogens (tertiary/aromatic N) is 2. The van der Waals surface area contributed by atoms with Gasteiger partial charge in [0.1, 0.15) is 16.7 Å². The molecule has 0 bridgehead atoms. The summed E-state index contributed by atoms with van der Waals surface area (Å²) < 4.78 is 0.880. The molecule has 164 valence electrons. The number of amides is 2. The predicted octanol–water partition coefficient (Wildman–Crippen LogP) is 5.82. The lowest BCUT2D eigenvalue weighted by Crippen LogP contribution is -2.30. The number of nitriles is 1. The summed E-state index contributed by atoms with van der Waals surface area (Å²) in [5, 5.41) is 12.6. The van der Waals surface area contributed by atoms with E-state index < -0.39 is 11.2 Å². The highest BCUT2D eigenvalue weighted by atomic mass is 79.9. The monoisotopic (exact) mass is 517 g/mol. The van der Waals surface area contributed by atoms with E-state index in [0.717, 1.165) is 15.6 Å². The maximum Gasteiger partial charge on any atom is 0.269 e. The fourth-order valence-corrected chi connectivity index (χ4v) is 5.04. The van der Waals surface area contributed by atoms with Gasteiger partial charge in [0.25, 0.3) is 5.91 Å². The second kappa shape index (κ2) is 10.1. The number of hydrogen-bond donors (Lipinski definition) is 1. The fourth-order valence-electron chi connectivity index (χ4n) is 3.47. The summed E-state index contributed by atoms with van der Waals surface area (Å²) in [5.74, 6) is -0.695. The Morgan fingerprint density at radius 1 is 1.06 bits per heavy atom. The third-order valence-corrected chi connectivity index (χ3v) is 6.96. The van der Waals surface area contributed by atoms with Crippen molar-refractivity contribution in [3.8, 4) is 6.07 Å². The van der Waals surface area contributed by atoms with Gasteiger partial charge in [-0.2, -0.15) is 5.26 Å². The molecule has 0 aliphatic carbocycles. The minimum absolute atomic E-state index is 0.0904. The first-order chi connectivity index (χ1) is 16.0. The normalized spacial score (nSPS) is 16.9. The van der Waals surface area contributed by atoms with Crippen LogP contribution in [0.2, 0.25) is 0 Å². The van der Waals surface area contributed by atoms with Gasteiger partial charge >= 0.3 is 0 Å². The molecule has 1 N–H and O–H groups in total. The van der Waals surface area contributed by atoms with Crippen LogP contribution in [0.3, 0.4) is 0 Å². The molecule has 1 atom stereocenters. The number of benzene rings is 3. The van der Waals surface area contributed by atoms with Crippen molar-refractivity contribution in [3.05, 3.63) is 105 Å². The van der Waals surface area contributed by atoms with Crippen molar-refractivity contribution in [3.63, 3.8) is 0 Å². The van der Waals surface area contributed by atoms with Crippen LogP contribution in [-0.2, 0) is 16.0 Å². The summed E-state index contributed by atoms with van der Waals surface area (Å²) in [7, 11) is 0. The Morgan fingerprint density at radius 3 is 2.36 bits per heavy atom. The van der Waals surface area contributed by atoms with Crippen molar-refractivity contribution in [2.75, 3.05) is 10.2 Å². The molecule has 0 aromatic heterocycles. The Labute approximate surface area is 205 Å². The molecule has 0 radical (unpaired) electrons. The van der Waals surface area contributed by atoms with Crippen molar-refractivity contribution in [2.45, 2.75) is 18.6 Å². The van der Waals surface area contributed by atoms with Crippen LogP contribution in [0.1, 0.15) is 11.1 Å². The summed E-state index contributed by atoms with van der Waals surface area (Å²) >= 11 is 4.63. The molecule has 0 saturated carbocycles. The van der Waals surface area contributed by atoms with E-state index in [-0.39, 0.29) is 11.5 Å². The van der Waals surface area contributed by atoms with Crippen LogP contribution in [0.5, 0.6) is 0 Å². The SMILES string of the molecule is Cc1ccc(N2C(=O)[C@@H](Cc3ccccc3)S/C2=C(\C#N)C(=O)Nc2ccc(Br)cc2)cc1. The second-order valence-electron chi connectivity index (χ2n) is 7.56.